The predicted molar refractivity (Wildman–Crippen MR) is 71.8 cm³/mol. The third-order valence-corrected chi connectivity index (χ3v) is 2.54. The summed E-state index contributed by atoms with van der Waals surface area (Å²) in [6, 6.07) is 0. The third-order valence-electron chi connectivity index (χ3n) is 2.54. The lowest BCUT2D eigenvalue weighted by atomic mass is 10.4. The Hall–Kier alpha value is -2.75. The minimum absolute atomic E-state index is 0.118. The molecule has 106 valence electrons. The number of hydrogen-bond acceptors (Lipinski definition) is 8. The Morgan fingerprint density at radius 2 is 2.35 bits per heavy atom. The Labute approximate surface area is 114 Å². The molecule has 0 aromatic carbocycles. The highest BCUT2D eigenvalue weighted by molar-refractivity contribution is 5.56. The van der Waals surface area contributed by atoms with Crippen molar-refractivity contribution in [3.8, 4) is 0 Å². The molecule has 0 bridgehead atoms. The number of aryl methyl sites for hydroxylation is 1. The zero-order valence-corrected chi connectivity index (χ0v) is 10.6. The second-order valence-electron chi connectivity index (χ2n) is 3.91. The minimum atomic E-state index is -0.543. The first kappa shape index (κ1) is 13.7. The molecule has 0 aliphatic rings. The van der Waals surface area contributed by atoms with Gasteiger partial charge in [0.05, 0.1) is 11.3 Å². The molecule has 0 radical (unpaired) electrons. The molecule has 20 heavy (non-hydrogen) atoms. The number of nitrogens with two attached hydrogens (primary N) is 1. The topological polar surface area (TPSA) is 137 Å². The van der Waals surface area contributed by atoms with Crippen LogP contribution in [0.2, 0.25) is 0 Å². The SMILES string of the molecule is NNc1ncc([N+](=O)[O-])c(NCCCn2ccnc2)n1. The molecule has 0 amide bonds. The lowest BCUT2D eigenvalue weighted by Gasteiger charge is -2.07. The van der Waals surface area contributed by atoms with Gasteiger partial charge >= 0.3 is 5.69 Å². The fourth-order valence-corrected chi connectivity index (χ4v) is 1.60. The number of hydrazine groups is 1. The Bertz CT molecular complexity index is 571. The number of hydrogen-bond donors (Lipinski definition) is 3. The molecule has 0 saturated carbocycles. The number of rotatable bonds is 7. The van der Waals surface area contributed by atoms with E-state index in [1.165, 1.54) is 0 Å². The van der Waals surface area contributed by atoms with Crippen molar-refractivity contribution in [3.63, 3.8) is 0 Å². The first-order chi connectivity index (χ1) is 9.70. The van der Waals surface area contributed by atoms with Crippen molar-refractivity contribution in [2.75, 3.05) is 17.3 Å². The smallest absolute Gasteiger partial charge is 0.329 e. The van der Waals surface area contributed by atoms with E-state index < -0.39 is 4.92 Å². The van der Waals surface area contributed by atoms with Crippen LogP contribution in [-0.4, -0.2) is 31.0 Å². The van der Waals surface area contributed by atoms with E-state index in [-0.39, 0.29) is 17.5 Å². The van der Waals surface area contributed by atoms with Gasteiger partial charge in [0.2, 0.25) is 11.8 Å². The zero-order valence-electron chi connectivity index (χ0n) is 10.6. The molecule has 2 aromatic heterocycles. The molecule has 0 saturated heterocycles. The van der Waals surface area contributed by atoms with Gasteiger partial charge in [-0.2, -0.15) is 4.98 Å². The first-order valence-electron chi connectivity index (χ1n) is 5.88. The Balaban J connectivity index is 1.95. The second kappa shape index (κ2) is 6.43. The van der Waals surface area contributed by atoms with Gasteiger partial charge in [0.25, 0.3) is 0 Å². The van der Waals surface area contributed by atoms with Crippen molar-refractivity contribution in [1.29, 1.82) is 0 Å². The maximum Gasteiger partial charge on any atom is 0.329 e. The summed E-state index contributed by atoms with van der Waals surface area (Å²) in [5.41, 5.74) is 2.06. The van der Waals surface area contributed by atoms with Gasteiger partial charge < -0.3 is 9.88 Å². The van der Waals surface area contributed by atoms with E-state index in [2.05, 4.69) is 25.7 Å². The molecule has 10 nitrogen and oxygen atoms in total. The summed E-state index contributed by atoms with van der Waals surface area (Å²) in [6.07, 6.45) is 7.14. The van der Waals surface area contributed by atoms with Crippen LogP contribution in [0.5, 0.6) is 0 Å². The van der Waals surface area contributed by atoms with E-state index in [9.17, 15) is 10.1 Å². The molecular weight excluding hydrogens is 264 g/mol. The van der Waals surface area contributed by atoms with E-state index in [0.717, 1.165) is 19.2 Å². The zero-order chi connectivity index (χ0) is 14.4. The number of nitrogen functional groups attached to an aromatic ring is 1. The fraction of sp³-hybridized carbons (Fsp3) is 0.300. The average Bonchev–Trinajstić information content (AvgIpc) is 2.96. The highest BCUT2D eigenvalue weighted by atomic mass is 16.6. The minimum Gasteiger partial charge on any atom is -0.364 e. The largest absolute Gasteiger partial charge is 0.364 e. The third kappa shape index (κ3) is 3.38. The summed E-state index contributed by atoms with van der Waals surface area (Å²) < 4.78 is 1.92. The fourth-order valence-electron chi connectivity index (χ4n) is 1.60. The van der Waals surface area contributed by atoms with E-state index in [0.29, 0.717) is 6.54 Å². The Kier molecular flexibility index (Phi) is 4.39. The van der Waals surface area contributed by atoms with Crippen molar-refractivity contribution in [1.82, 2.24) is 19.5 Å². The Morgan fingerprint density at radius 3 is 3.00 bits per heavy atom. The van der Waals surface area contributed by atoms with Crippen LogP contribution in [0.25, 0.3) is 0 Å². The van der Waals surface area contributed by atoms with Crippen LogP contribution in [0.3, 0.4) is 0 Å². The highest BCUT2D eigenvalue weighted by Crippen LogP contribution is 2.21. The standard InChI is InChI=1S/C10H14N8O2/c11-16-10-14-6-8(18(19)20)9(15-10)13-2-1-4-17-5-3-12-7-17/h3,5-7H,1-2,4,11H2,(H2,13,14,15,16). The summed E-state index contributed by atoms with van der Waals surface area (Å²) in [7, 11) is 0. The number of imidazole rings is 1. The molecule has 0 aliphatic carbocycles. The van der Waals surface area contributed by atoms with Crippen molar-refractivity contribution in [3.05, 3.63) is 35.0 Å². The molecular formula is C10H14N8O2. The quantitative estimate of drug-likeness (QED) is 0.286. The van der Waals surface area contributed by atoms with Crippen molar-refractivity contribution in [2.45, 2.75) is 13.0 Å². The first-order valence-corrected chi connectivity index (χ1v) is 5.88. The summed E-state index contributed by atoms with van der Waals surface area (Å²) >= 11 is 0. The molecule has 0 aliphatic heterocycles. The summed E-state index contributed by atoms with van der Waals surface area (Å²) in [4.78, 5) is 21.9. The van der Waals surface area contributed by atoms with E-state index in [1.54, 1.807) is 12.5 Å². The van der Waals surface area contributed by atoms with Gasteiger partial charge in [-0.1, -0.05) is 0 Å². The van der Waals surface area contributed by atoms with Crippen LogP contribution in [-0.2, 0) is 6.54 Å². The molecule has 2 aromatic rings. The predicted octanol–water partition coefficient (Wildman–Crippen LogP) is 0.369. The Morgan fingerprint density at radius 1 is 1.50 bits per heavy atom. The van der Waals surface area contributed by atoms with Gasteiger partial charge in [0.15, 0.2) is 0 Å². The van der Waals surface area contributed by atoms with E-state index in [4.69, 9.17) is 5.84 Å². The van der Waals surface area contributed by atoms with Crippen LogP contribution in [0.15, 0.2) is 24.9 Å². The maximum atomic E-state index is 10.9. The molecule has 2 heterocycles. The van der Waals surface area contributed by atoms with Crippen LogP contribution >= 0.6 is 0 Å². The number of nitro groups is 1. The monoisotopic (exact) mass is 278 g/mol. The normalized spacial score (nSPS) is 10.2. The molecule has 0 spiro atoms. The molecule has 10 heteroatoms. The number of nitrogens with zero attached hydrogens (tertiary/aromatic N) is 5. The molecule has 2 rings (SSSR count). The molecule has 0 unspecified atom stereocenters. The molecule has 0 fully saturated rings. The van der Waals surface area contributed by atoms with Crippen LogP contribution in [0.1, 0.15) is 6.42 Å². The van der Waals surface area contributed by atoms with Crippen LogP contribution in [0.4, 0.5) is 17.5 Å². The second-order valence-corrected chi connectivity index (χ2v) is 3.91. The molecule has 0 atom stereocenters. The van der Waals surface area contributed by atoms with Gasteiger partial charge in [-0.15, -0.1) is 0 Å². The van der Waals surface area contributed by atoms with Gasteiger partial charge in [-0.3, -0.25) is 15.5 Å². The summed E-state index contributed by atoms with van der Waals surface area (Å²) in [6.45, 7) is 1.29. The van der Waals surface area contributed by atoms with Gasteiger partial charge in [0.1, 0.15) is 6.20 Å². The van der Waals surface area contributed by atoms with E-state index >= 15 is 0 Å². The van der Waals surface area contributed by atoms with Crippen molar-refractivity contribution in [2.24, 2.45) is 5.84 Å². The number of anilines is 2. The van der Waals surface area contributed by atoms with Crippen LogP contribution < -0.4 is 16.6 Å². The maximum absolute atomic E-state index is 10.9. The summed E-state index contributed by atoms with van der Waals surface area (Å²) in [5.74, 6) is 5.44. The van der Waals surface area contributed by atoms with Gasteiger partial charge in [-0.05, 0) is 6.42 Å². The van der Waals surface area contributed by atoms with Crippen molar-refractivity contribution >= 4 is 17.5 Å². The van der Waals surface area contributed by atoms with E-state index in [1.807, 2.05) is 10.8 Å². The van der Waals surface area contributed by atoms with Crippen LogP contribution in [0, 0.1) is 10.1 Å². The lowest BCUT2D eigenvalue weighted by molar-refractivity contribution is -0.384. The lowest BCUT2D eigenvalue weighted by Crippen LogP contribution is -2.14. The van der Waals surface area contributed by atoms with Gasteiger partial charge in [-0.25, -0.2) is 15.8 Å². The van der Waals surface area contributed by atoms with Gasteiger partial charge in [0, 0.05) is 25.5 Å². The highest BCUT2D eigenvalue weighted by Gasteiger charge is 2.16. The average molecular weight is 278 g/mol. The molecule has 4 N–H and O–H groups in total. The number of aromatic nitrogens is 4. The number of nitrogens with one attached hydrogen (secondary N) is 2. The summed E-state index contributed by atoms with van der Waals surface area (Å²) in [5, 5.41) is 13.8. The van der Waals surface area contributed by atoms with Crippen molar-refractivity contribution < 1.29 is 4.92 Å².